The van der Waals surface area contributed by atoms with Crippen LogP contribution in [0.4, 0.5) is 11.7 Å². The molecule has 1 saturated carbocycles. The molecule has 1 aliphatic carbocycles. The van der Waals surface area contributed by atoms with Crippen molar-refractivity contribution in [1.82, 2.24) is 4.98 Å². The SMILES string of the molecule is COc1ccc(NC(=O)c2coc(NC(=O)C3CC3)n2)cc1Cl. The second-order valence-corrected chi connectivity index (χ2v) is 5.51. The van der Waals surface area contributed by atoms with Gasteiger partial charge in [-0.2, -0.15) is 4.98 Å². The molecule has 0 bridgehead atoms. The van der Waals surface area contributed by atoms with E-state index in [2.05, 4.69) is 15.6 Å². The van der Waals surface area contributed by atoms with Crippen LogP contribution >= 0.6 is 11.6 Å². The summed E-state index contributed by atoms with van der Waals surface area (Å²) in [5, 5.41) is 5.55. The summed E-state index contributed by atoms with van der Waals surface area (Å²) in [5.41, 5.74) is 0.551. The maximum absolute atomic E-state index is 12.1. The predicted octanol–water partition coefficient (Wildman–Crippen LogP) is 2.94. The monoisotopic (exact) mass is 335 g/mol. The molecule has 1 fully saturated rings. The van der Waals surface area contributed by atoms with Crippen LogP contribution in [0.1, 0.15) is 23.3 Å². The van der Waals surface area contributed by atoms with Crippen molar-refractivity contribution in [3.8, 4) is 5.75 Å². The molecule has 2 N–H and O–H groups in total. The number of rotatable bonds is 5. The summed E-state index contributed by atoms with van der Waals surface area (Å²) in [6.07, 6.45) is 2.93. The van der Waals surface area contributed by atoms with Crippen molar-refractivity contribution in [3.05, 3.63) is 35.2 Å². The van der Waals surface area contributed by atoms with E-state index in [0.29, 0.717) is 16.5 Å². The second-order valence-electron chi connectivity index (χ2n) is 5.10. The number of hydrogen-bond donors (Lipinski definition) is 2. The van der Waals surface area contributed by atoms with Gasteiger partial charge in [0.25, 0.3) is 5.91 Å². The lowest BCUT2D eigenvalue weighted by Crippen LogP contribution is -2.15. The summed E-state index contributed by atoms with van der Waals surface area (Å²) < 4.78 is 10.1. The molecule has 0 spiro atoms. The summed E-state index contributed by atoms with van der Waals surface area (Å²) in [7, 11) is 1.51. The highest BCUT2D eigenvalue weighted by molar-refractivity contribution is 6.32. The van der Waals surface area contributed by atoms with Gasteiger partial charge in [0, 0.05) is 11.6 Å². The Morgan fingerprint density at radius 3 is 2.78 bits per heavy atom. The van der Waals surface area contributed by atoms with Crippen molar-refractivity contribution >= 4 is 35.1 Å². The van der Waals surface area contributed by atoms with Crippen molar-refractivity contribution in [1.29, 1.82) is 0 Å². The number of nitrogens with one attached hydrogen (secondary N) is 2. The second kappa shape index (κ2) is 6.29. The minimum Gasteiger partial charge on any atom is -0.495 e. The van der Waals surface area contributed by atoms with Crippen LogP contribution in [0.2, 0.25) is 5.02 Å². The van der Waals surface area contributed by atoms with Crippen LogP contribution in [0.3, 0.4) is 0 Å². The maximum Gasteiger partial charge on any atom is 0.302 e. The number of carbonyl (C=O) groups excluding carboxylic acids is 2. The number of ether oxygens (including phenoxy) is 1. The molecule has 1 aliphatic rings. The molecule has 1 heterocycles. The fourth-order valence-electron chi connectivity index (χ4n) is 1.93. The Labute approximate surface area is 137 Å². The Morgan fingerprint density at radius 1 is 1.35 bits per heavy atom. The van der Waals surface area contributed by atoms with E-state index >= 15 is 0 Å². The van der Waals surface area contributed by atoms with Gasteiger partial charge in [-0.1, -0.05) is 11.6 Å². The van der Waals surface area contributed by atoms with E-state index in [1.54, 1.807) is 18.2 Å². The molecule has 0 atom stereocenters. The zero-order valence-electron chi connectivity index (χ0n) is 12.3. The molecule has 0 aliphatic heterocycles. The van der Waals surface area contributed by atoms with Gasteiger partial charge in [-0.3, -0.25) is 14.9 Å². The third kappa shape index (κ3) is 3.62. The summed E-state index contributed by atoms with van der Waals surface area (Å²) >= 11 is 6.00. The normalized spacial score (nSPS) is 13.5. The van der Waals surface area contributed by atoms with E-state index in [9.17, 15) is 9.59 Å². The molecule has 23 heavy (non-hydrogen) atoms. The summed E-state index contributed by atoms with van der Waals surface area (Å²) in [6, 6.07) is 4.87. The van der Waals surface area contributed by atoms with Crippen molar-refractivity contribution in [2.24, 2.45) is 5.92 Å². The van der Waals surface area contributed by atoms with Crippen LogP contribution in [0.5, 0.6) is 5.75 Å². The highest BCUT2D eigenvalue weighted by Crippen LogP contribution is 2.30. The number of hydrogen-bond acceptors (Lipinski definition) is 5. The van der Waals surface area contributed by atoms with Gasteiger partial charge in [-0.05, 0) is 31.0 Å². The van der Waals surface area contributed by atoms with Gasteiger partial charge in [-0.15, -0.1) is 0 Å². The fourth-order valence-corrected chi connectivity index (χ4v) is 2.19. The zero-order chi connectivity index (χ0) is 16.4. The molecule has 0 unspecified atom stereocenters. The average Bonchev–Trinajstić information content (AvgIpc) is 3.28. The minimum absolute atomic E-state index is 0.0137. The van der Waals surface area contributed by atoms with E-state index < -0.39 is 5.91 Å². The predicted molar refractivity (Wildman–Crippen MR) is 83.8 cm³/mol. The van der Waals surface area contributed by atoms with E-state index in [1.807, 2.05) is 0 Å². The maximum atomic E-state index is 12.1. The minimum atomic E-state index is -0.470. The number of amides is 2. The first-order valence-corrected chi connectivity index (χ1v) is 7.36. The van der Waals surface area contributed by atoms with Gasteiger partial charge >= 0.3 is 6.01 Å². The van der Waals surface area contributed by atoms with Crippen molar-refractivity contribution in [2.75, 3.05) is 17.7 Å². The number of benzene rings is 1. The lowest BCUT2D eigenvalue weighted by molar-refractivity contribution is -0.117. The molecule has 7 nitrogen and oxygen atoms in total. The van der Waals surface area contributed by atoms with Gasteiger partial charge in [0.2, 0.25) is 5.91 Å². The first-order chi connectivity index (χ1) is 11.1. The largest absolute Gasteiger partial charge is 0.495 e. The third-order valence-electron chi connectivity index (χ3n) is 3.32. The first kappa shape index (κ1) is 15.4. The number of methoxy groups -OCH3 is 1. The zero-order valence-corrected chi connectivity index (χ0v) is 13.0. The van der Waals surface area contributed by atoms with Gasteiger partial charge in [0.15, 0.2) is 5.69 Å². The quantitative estimate of drug-likeness (QED) is 0.876. The average molecular weight is 336 g/mol. The van der Waals surface area contributed by atoms with Crippen LogP contribution in [0, 0.1) is 5.92 Å². The van der Waals surface area contributed by atoms with E-state index in [0.717, 1.165) is 12.8 Å². The number of oxazole rings is 1. The number of aromatic nitrogens is 1. The molecular weight excluding hydrogens is 322 g/mol. The summed E-state index contributed by atoms with van der Waals surface area (Å²) in [5.74, 6) is -0.0700. The van der Waals surface area contributed by atoms with Gasteiger partial charge in [-0.25, -0.2) is 0 Å². The highest BCUT2D eigenvalue weighted by atomic mass is 35.5. The Bertz CT molecular complexity index is 755. The van der Waals surface area contributed by atoms with Crippen LogP contribution in [0.25, 0.3) is 0 Å². The van der Waals surface area contributed by atoms with Gasteiger partial charge in [0.05, 0.1) is 12.1 Å². The molecule has 1 aromatic carbocycles. The number of nitrogens with zero attached hydrogens (tertiary/aromatic N) is 1. The number of anilines is 2. The number of carbonyl (C=O) groups is 2. The Hall–Kier alpha value is -2.54. The molecule has 1 aromatic heterocycles. The Balaban J connectivity index is 1.65. The highest BCUT2D eigenvalue weighted by Gasteiger charge is 2.30. The lowest BCUT2D eigenvalue weighted by Gasteiger charge is -2.06. The summed E-state index contributed by atoms with van der Waals surface area (Å²) in [6.45, 7) is 0. The van der Waals surface area contributed by atoms with Crippen molar-refractivity contribution < 1.29 is 18.7 Å². The molecule has 120 valence electrons. The lowest BCUT2D eigenvalue weighted by atomic mass is 10.3. The first-order valence-electron chi connectivity index (χ1n) is 6.98. The van der Waals surface area contributed by atoms with Crippen LogP contribution < -0.4 is 15.4 Å². The topological polar surface area (TPSA) is 93.5 Å². The van der Waals surface area contributed by atoms with E-state index in [1.165, 1.54) is 13.4 Å². The number of halogens is 1. The smallest absolute Gasteiger partial charge is 0.302 e. The van der Waals surface area contributed by atoms with Crippen LogP contribution in [-0.2, 0) is 4.79 Å². The third-order valence-corrected chi connectivity index (χ3v) is 3.62. The van der Waals surface area contributed by atoms with Crippen LogP contribution in [0.15, 0.2) is 28.9 Å². The molecule has 3 rings (SSSR count). The van der Waals surface area contributed by atoms with Crippen molar-refractivity contribution in [3.63, 3.8) is 0 Å². The molecule has 0 saturated heterocycles. The van der Waals surface area contributed by atoms with E-state index in [4.69, 9.17) is 20.8 Å². The van der Waals surface area contributed by atoms with Crippen molar-refractivity contribution in [2.45, 2.75) is 12.8 Å². The Kier molecular flexibility index (Phi) is 4.20. The molecule has 2 aromatic rings. The van der Waals surface area contributed by atoms with Gasteiger partial charge < -0.3 is 14.5 Å². The van der Waals surface area contributed by atoms with Crippen LogP contribution in [-0.4, -0.2) is 23.9 Å². The molecular formula is C15H14ClN3O4. The summed E-state index contributed by atoms with van der Waals surface area (Å²) in [4.78, 5) is 27.7. The molecule has 8 heteroatoms. The molecule has 2 amide bonds. The fraction of sp³-hybridized carbons (Fsp3) is 0.267. The standard InChI is InChI=1S/C15H14ClN3O4/c1-22-12-5-4-9(6-10(12)16)17-14(21)11-7-23-15(18-11)19-13(20)8-2-3-8/h4-8H,2-3H2,1H3,(H,17,21)(H,18,19,20). The van der Waals surface area contributed by atoms with Gasteiger partial charge in [0.1, 0.15) is 12.0 Å². The van der Waals surface area contributed by atoms with E-state index in [-0.39, 0.29) is 23.5 Å². The molecule has 0 radical (unpaired) electrons. The Morgan fingerprint density at radius 2 is 2.13 bits per heavy atom.